The Balaban J connectivity index is 2.74. The highest BCUT2D eigenvalue weighted by molar-refractivity contribution is 8.02. The van der Waals surface area contributed by atoms with Crippen LogP contribution >= 0.6 is 35.1 Å². The van der Waals surface area contributed by atoms with E-state index < -0.39 is 0 Å². The lowest BCUT2D eigenvalue weighted by molar-refractivity contribution is -0.137. The second-order valence-electron chi connectivity index (χ2n) is 2.33. The Hall–Kier alpha value is -0.710. The minimum atomic E-state index is -0.303. The summed E-state index contributed by atoms with van der Waals surface area (Å²) < 4.78 is 9.40. The summed E-state index contributed by atoms with van der Waals surface area (Å²) in [5.74, 6) is -0.0933. The summed E-state index contributed by atoms with van der Waals surface area (Å²) in [6.07, 6.45) is 1.87. The monoisotopic (exact) mass is 260 g/mol. The standard InChI is InChI=1S/C8H8N2O2S3/c1-12-6(11)4-14-8-5(3-9)7(13-2)10-15-8/h4H2,1-2H3. The van der Waals surface area contributed by atoms with Gasteiger partial charge in [0.15, 0.2) is 0 Å². The van der Waals surface area contributed by atoms with Gasteiger partial charge in [0.05, 0.1) is 12.9 Å². The third kappa shape index (κ3) is 3.12. The van der Waals surface area contributed by atoms with Crippen molar-refractivity contribution < 1.29 is 9.53 Å². The van der Waals surface area contributed by atoms with Crippen molar-refractivity contribution in [2.24, 2.45) is 0 Å². The molecule has 0 bridgehead atoms. The Morgan fingerprint density at radius 2 is 2.47 bits per heavy atom. The lowest BCUT2D eigenvalue weighted by Gasteiger charge is -1.96. The van der Waals surface area contributed by atoms with Crippen LogP contribution in [-0.2, 0) is 9.53 Å². The van der Waals surface area contributed by atoms with Crippen LogP contribution in [0, 0.1) is 11.3 Å². The van der Waals surface area contributed by atoms with Gasteiger partial charge in [0.2, 0.25) is 0 Å². The number of ether oxygens (including phenoxy) is 1. The van der Waals surface area contributed by atoms with Gasteiger partial charge in [-0.3, -0.25) is 4.79 Å². The quantitative estimate of drug-likeness (QED) is 0.609. The van der Waals surface area contributed by atoms with Gasteiger partial charge in [-0.2, -0.15) is 9.64 Å². The van der Waals surface area contributed by atoms with E-state index in [1.165, 1.54) is 42.2 Å². The van der Waals surface area contributed by atoms with E-state index in [1.807, 2.05) is 6.26 Å². The molecule has 1 aromatic heterocycles. The number of nitrogens with zero attached hydrogens (tertiary/aromatic N) is 2. The van der Waals surface area contributed by atoms with E-state index in [-0.39, 0.29) is 11.7 Å². The van der Waals surface area contributed by atoms with E-state index in [0.29, 0.717) is 5.56 Å². The van der Waals surface area contributed by atoms with E-state index >= 15 is 0 Å². The SMILES string of the molecule is COC(=O)CSc1snc(SC)c1C#N. The number of hydrogen-bond donors (Lipinski definition) is 0. The molecule has 0 saturated carbocycles. The molecule has 1 aromatic rings. The van der Waals surface area contributed by atoms with Gasteiger partial charge in [0.25, 0.3) is 0 Å². The molecule has 0 atom stereocenters. The van der Waals surface area contributed by atoms with Gasteiger partial charge in [-0.1, -0.05) is 0 Å². The summed E-state index contributed by atoms with van der Waals surface area (Å²) >= 11 is 3.95. The van der Waals surface area contributed by atoms with Crippen molar-refractivity contribution in [2.75, 3.05) is 19.1 Å². The van der Waals surface area contributed by atoms with E-state index in [2.05, 4.69) is 15.2 Å². The first kappa shape index (κ1) is 12.4. The molecular formula is C8H8N2O2S3. The Labute approximate surface area is 100 Å². The van der Waals surface area contributed by atoms with Crippen molar-refractivity contribution in [3.63, 3.8) is 0 Å². The maximum atomic E-state index is 10.9. The highest BCUT2D eigenvalue weighted by atomic mass is 32.2. The minimum Gasteiger partial charge on any atom is -0.468 e. The summed E-state index contributed by atoms with van der Waals surface area (Å²) in [6.45, 7) is 0. The fourth-order valence-electron chi connectivity index (χ4n) is 0.776. The molecule has 7 heteroatoms. The fourth-order valence-corrected chi connectivity index (χ4v) is 3.31. The minimum absolute atomic E-state index is 0.210. The molecule has 0 aliphatic rings. The first-order valence-corrected chi connectivity index (χ1v) is 6.84. The van der Waals surface area contributed by atoms with E-state index in [4.69, 9.17) is 5.26 Å². The maximum Gasteiger partial charge on any atom is 0.316 e. The van der Waals surface area contributed by atoms with Gasteiger partial charge in [-0.05, 0) is 17.8 Å². The maximum absolute atomic E-state index is 10.9. The smallest absolute Gasteiger partial charge is 0.316 e. The zero-order valence-corrected chi connectivity index (χ0v) is 10.6. The average molecular weight is 260 g/mol. The highest BCUT2D eigenvalue weighted by Gasteiger charge is 2.14. The molecule has 0 aliphatic heterocycles. The fraction of sp³-hybridized carbons (Fsp3) is 0.375. The predicted octanol–water partition coefficient (Wildman–Crippen LogP) is 2.00. The van der Waals surface area contributed by atoms with Gasteiger partial charge in [0, 0.05) is 0 Å². The van der Waals surface area contributed by atoms with Gasteiger partial charge in [-0.25, -0.2) is 0 Å². The van der Waals surface area contributed by atoms with E-state index in [1.54, 1.807) is 0 Å². The summed E-state index contributed by atoms with van der Waals surface area (Å²) in [5.41, 5.74) is 0.557. The Kier molecular flexibility index (Phi) is 4.94. The Morgan fingerprint density at radius 1 is 1.73 bits per heavy atom. The van der Waals surface area contributed by atoms with Gasteiger partial charge >= 0.3 is 5.97 Å². The first-order valence-electron chi connectivity index (χ1n) is 3.86. The zero-order chi connectivity index (χ0) is 11.3. The van der Waals surface area contributed by atoms with Crippen molar-refractivity contribution in [2.45, 2.75) is 9.24 Å². The third-order valence-electron chi connectivity index (χ3n) is 1.48. The first-order chi connectivity index (χ1) is 7.22. The molecule has 1 rings (SSSR count). The zero-order valence-electron chi connectivity index (χ0n) is 8.14. The number of rotatable bonds is 4. The number of carbonyl (C=O) groups excluding carboxylic acids is 1. The molecule has 1 heterocycles. The van der Waals surface area contributed by atoms with Crippen molar-refractivity contribution >= 4 is 41.0 Å². The van der Waals surface area contributed by atoms with Crippen molar-refractivity contribution in [1.82, 2.24) is 4.37 Å². The van der Waals surface area contributed by atoms with Crippen LogP contribution in [0.4, 0.5) is 0 Å². The van der Waals surface area contributed by atoms with Crippen LogP contribution in [0.25, 0.3) is 0 Å². The number of thioether (sulfide) groups is 2. The molecule has 0 aromatic carbocycles. The molecule has 80 valence electrons. The summed E-state index contributed by atoms with van der Waals surface area (Å²) in [6, 6.07) is 2.09. The molecule has 0 radical (unpaired) electrons. The molecule has 0 unspecified atom stereocenters. The Morgan fingerprint density at radius 3 is 3.00 bits per heavy atom. The van der Waals surface area contributed by atoms with Crippen LogP contribution in [0.3, 0.4) is 0 Å². The topological polar surface area (TPSA) is 63.0 Å². The predicted molar refractivity (Wildman–Crippen MR) is 61.4 cm³/mol. The van der Waals surface area contributed by atoms with Crippen LogP contribution < -0.4 is 0 Å². The number of esters is 1. The highest BCUT2D eigenvalue weighted by Crippen LogP contribution is 2.33. The molecule has 4 nitrogen and oxygen atoms in total. The average Bonchev–Trinajstić information content (AvgIpc) is 2.67. The van der Waals surface area contributed by atoms with Crippen molar-refractivity contribution in [3.05, 3.63) is 5.56 Å². The summed E-state index contributed by atoms with van der Waals surface area (Å²) in [5, 5.41) is 9.63. The molecule has 0 spiro atoms. The second-order valence-corrected chi connectivity index (χ2v) is 5.14. The molecule has 0 N–H and O–H groups in total. The molecule has 0 fully saturated rings. The number of aromatic nitrogens is 1. The van der Waals surface area contributed by atoms with E-state index in [0.717, 1.165) is 9.24 Å². The van der Waals surface area contributed by atoms with Crippen LogP contribution in [0.15, 0.2) is 9.24 Å². The number of hydrogen-bond acceptors (Lipinski definition) is 7. The molecule has 0 amide bonds. The number of methoxy groups -OCH3 is 1. The third-order valence-corrected chi connectivity index (χ3v) is 4.35. The molecule has 0 aliphatic carbocycles. The molecule has 0 saturated heterocycles. The van der Waals surface area contributed by atoms with Crippen molar-refractivity contribution in [1.29, 1.82) is 5.26 Å². The van der Waals surface area contributed by atoms with Gasteiger partial charge in [0.1, 0.15) is 20.9 Å². The molecule has 15 heavy (non-hydrogen) atoms. The van der Waals surface area contributed by atoms with Crippen LogP contribution in [0.5, 0.6) is 0 Å². The van der Waals surface area contributed by atoms with E-state index in [9.17, 15) is 4.79 Å². The van der Waals surface area contributed by atoms with Crippen LogP contribution in [0.1, 0.15) is 5.56 Å². The van der Waals surface area contributed by atoms with Crippen LogP contribution in [-0.4, -0.2) is 29.5 Å². The normalized spacial score (nSPS) is 9.67. The van der Waals surface area contributed by atoms with Gasteiger partial charge in [-0.15, -0.1) is 23.5 Å². The molecular weight excluding hydrogens is 252 g/mol. The van der Waals surface area contributed by atoms with Crippen LogP contribution in [0.2, 0.25) is 0 Å². The Bertz CT molecular complexity index is 397. The largest absolute Gasteiger partial charge is 0.468 e. The summed E-state index contributed by atoms with van der Waals surface area (Å²) in [4.78, 5) is 10.9. The second kappa shape index (κ2) is 6.00. The lowest BCUT2D eigenvalue weighted by atomic mass is 10.4. The summed E-state index contributed by atoms with van der Waals surface area (Å²) in [7, 11) is 1.34. The number of nitriles is 1. The van der Waals surface area contributed by atoms with Crippen molar-refractivity contribution in [3.8, 4) is 6.07 Å². The number of carbonyl (C=O) groups is 1. The van der Waals surface area contributed by atoms with Gasteiger partial charge < -0.3 is 4.74 Å². The lowest BCUT2D eigenvalue weighted by Crippen LogP contribution is -2.02.